The van der Waals surface area contributed by atoms with Gasteiger partial charge in [-0.05, 0) is 6.04 Å². The highest BCUT2D eigenvalue weighted by atomic mass is 35.5. The molecule has 0 saturated heterocycles. The van der Waals surface area contributed by atoms with E-state index >= 15 is 0 Å². The predicted octanol–water partition coefficient (Wildman–Crippen LogP) is 0.662. The van der Waals surface area contributed by atoms with Crippen LogP contribution in [0.2, 0.25) is 0 Å². The average Bonchev–Trinajstić information content (AvgIpc) is 1.41. The normalized spacial score (nSPS) is 7.00. The minimum absolute atomic E-state index is 0.333. The molecule has 0 saturated carbocycles. The van der Waals surface area contributed by atoms with Crippen LogP contribution in [0, 0.1) is 0 Å². The van der Waals surface area contributed by atoms with Crippen LogP contribution >= 0.6 is 9.07 Å². The Morgan fingerprint density at radius 2 is 1.50 bits per heavy atom. The van der Waals surface area contributed by atoms with Crippen LogP contribution in [0.3, 0.4) is 0 Å². The Balaban J connectivity index is 0. The van der Waals surface area contributed by atoms with Gasteiger partial charge in [-0.25, -0.2) is 0 Å². The second-order valence-corrected chi connectivity index (χ2v) is 1.24. The summed E-state index contributed by atoms with van der Waals surface area (Å²) in [5.74, 6) is 0. The summed E-state index contributed by atoms with van der Waals surface area (Å²) in [4.78, 5) is 0. The topological polar surface area (TPSA) is 26.0 Å². The summed E-state index contributed by atoms with van der Waals surface area (Å²) < 4.78 is 0. The molecule has 0 aromatic rings. The van der Waals surface area contributed by atoms with E-state index in [1.807, 2.05) is 13.8 Å². The van der Waals surface area contributed by atoms with Crippen molar-refractivity contribution in [3.05, 3.63) is 0 Å². The van der Waals surface area contributed by atoms with E-state index < -0.39 is 0 Å². The lowest BCUT2D eigenvalue weighted by molar-refractivity contribution is 0.834. The molecular weight excluding hydrogens is 110 g/mol. The van der Waals surface area contributed by atoms with Crippen molar-refractivity contribution in [3.8, 4) is 0 Å². The first kappa shape index (κ1) is 10.1. The van der Waals surface area contributed by atoms with E-state index in [9.17, 15) is 0 Å². The van der Waals surface area contributed by atoms with Gasteiger partial charge < -0.3 is 5.73 Å². The van der Waals surface area contributed by atoms with Crippen LogP contribution in [0.1, 0.15) is 13.8 Å². The van der Waals surface area contributed by atoms with E-state index in [1.165, 1.54) is 20.6 Å². The van der Waals surface area contributed by atoms with Crippen molar-refractivity contribution in [2.45, 2.75) is 19.9 Å². The molecule has 7 radical (unpaired) electrons. The molecule has 0 heterocycles. The van der Waals surface area contributed by atoms with E-state index in [-0.39, 0.29) is 0 Å². The molecule has 0 aliphatic rings. The fourth-order valence-corrected chi connectivity index (χ4v) is 0. The highest BCUT2D eigenvalue weighted by molar-refractivity contribution is 6.80. The SMILES string of the molecule is CC(C)N.[Mg+2][Cl]. The molecule has 0 fully saturated rings. The van der Waals surface area contributed by atoms with Crippen molar-refractivity contribution in [3.63, 3.8) is 0 Å². The molecule has 0 aromatic heterocycles. The summed E-state index contributed by atoms with van der Waals surface area (Å²) in [6.07, 6.45) is 0. The van der Waals surface area contributed by atoms with Crippen LogP contribution in [0.25, 0.3) is 0 Å². The Hall–Kier alpha value is 1.02. The minimum Gasteiger partial charge on any atom is -0.328 e. The molecule has 0 amide bonds. The highest BCUT2D eigenvalue weighted by Gasteiger charge is 2.16. The fourth-order valence-electron chi connectivity index (χ4n) is 0. The van der Waals surface area contributed by atoms with Crippen molar-refractivity contribution in [1.82, 2.24) is 0 Å². The van der Waals surface area contributed by atoms with E-state index in [0.717, 1.165) is 0 Å². The van der Waals surface area contributed by atoms with Gasteiger partial charge in [-0.2, -0.15) is 0 Å². The molecule has 0 unspecified atom stereocenters. The first-order valence-corrected chi connectivity index (χ1v) is 3.89. The van der Waals surface area contributed by atoms with E-state index in [2.05, 4.69) is 9.07 Å². The Morgan fingerprint density at radius 3 is 1.50 bits per heavy atom. The van der Waals surface area contributed by atoms with Crippen molar-refractivity contribution in [1.29, 1.82) is 0 Å². The number of hydrogen-bond donors (Lipinski definition) is 1. The second-order valence-electron chi connectivity index (χ2n) is 1.24. The Bertz CT molecular complexity index is 15.5. The summed E-state index contributed by atoms with van der Waals surface area (Å²) in [6.45, 7) is 3.89. The van der Waals surface area contributed by atoms with Gasteiger partial charge >= 0.3 is 29.7 Å². The Labute approximate surface area is 55.5 Å². The summed E-state index contributed by atoms with van der Waals surface area (Å²) in [5.41, 5.74) is 5.11. The molecule has 0 bridgehead atoms. The van der Waals surface area contributed by atoms with Crippen LogP contribution in [-0.4, -0.2) is 26.6 Å². The van der Waals surface area contributed by atoms with Gasteiger partial charge in [0.2, 0.25) is 0 Å². The molecule has 0 rings (SSSR count). The predicted molar refractivity (Wildman–Crippen MR) is 30.9 cm³/mol. The molecule has 0 atom stereocenters. The zero-order valence-corrected chi connectivity index (χ0v) is 6.41. The first-order valence-electron chi connectivity index (χ1n) is 1.76. The standard InChI is InChI=1S/C3H9N.ClH.Mg/c1-3(2)4;;/h3H,4H2,1-2H3;1H;/q;;+3/p-1. The molecule has 1 nitrogen and oxygen atoms in total. The number of halogens is 1. The molecule has 6 heavy (non-hydrogen) atoms. The molecule has 0 spiro atoms. The van der Waals surface area contributed by atoms with E-state index in [1.54, 1.807) is 0 Å². The van der Waals surface area contributed by atoms with E-state index in [0.29, 0.717) is 6.04 Å². The molecule has 0 aromatic carbocycles. The van der Waals surface area contributed by atoms with Crippen molar-refractivity contribution in [2.24, 2.45) is 5.73 Å². The Morgan fingerprint density at radius 1 is 1.50 bits per heavy atom. The summed E-state index contributed by atoms with van der Waals surface area (Å²) in [6, 6.07) is 0.333. The third-order valence-corrected chi connectivity index (χ3v) is 0. The quantitative estimate of drug-likeness (QED) is 0.465. The molecule has 0 aliphatic heterocycles. The van der Waals surface area contributed by atoms with Crippen LogP contribution in [0.4, 0.5) is 0 Å². The maximum atomic E-state index is 5.11. The van der Waals surface area contributed by atoms with Crippen LogP contribution in [0.5, 0.6) is 0 Å². The van der Waals surface area contributed by atoms with Gasteiger partial charge in [0.15, 0.2) is 0 Å². The maximum absolute atomic E-state index is 5.11. The lowest BCUT2D eigenvalue weighted by atomic mass is 10.5. The molecular formula is C3H9ClMgN+2. The van der Waals surface area contributed by atoms with Gasteiger partial charge in [-0.3, -0.25) is 0 Å². The Kier molecular flexibility index (Phi) is 15.8. The van der Waals surface area contributed by atoms with E-state index in [4.69, 9.17) is 5.73 Å². The number of rotatable bonds is 0. The fraction of sp³-hybridized carbons (Fsp3) is 1.00. The van der Waals surface area contributed by atoms with Gasteiger partial charge in [0.25, 0.3) is 0 Å². The molecule has 2 N–H and O–H groups in total. The second kappa shape index (κ2) is 9.39. The van der Waals surface area contributed by atoms with Crippen molar-refractivity contribution >= 4 is 29.7 Å². The van der Waals surface area contributed by atoms with Gasteiger partial charge in [0.1, 0.15) is 0 Å². The first-order chi connectivity index (χ1) is 2.73. The monoisotopic (exact) mass is 118 g/mol. The highest BCUT2D eigenvalue weighted by Crippen LogP contribution is 1.58. The summed E-state index contributed by atoms with van der Waals surface area (Å²) in [7, 11) is 4.67. The van der Waals surface area contributed by atoms with Gasteiger partial charge in [-0.1, -0.05) is 13.8 Å². The summed E-state index contributed by atoms with van der Waals surface area (Å²) in [5, 5.41) is 0. The summed E-state index contributed by atoms with van der Waals surface area (Å²) >= 11 is 1.33. The smallest absolute Gasteiger partial charge is 0.328 e. The molecule has 0 aliphatic carbocycles. The average molecular weight is 119 g/mol. The van der Waals surface area contributed by atoms with Crippen molar-refractivity contribution in [2.75, 3.05) is 0 Å². The van der Waals surface area contributed by atoms with Crippen molar-refractivity contribution < 1.29 is 0 Å². The third kappa shape index (κ3) is 78.3. The maximum Gasteiger partial charge on any atom is 1.59 e. The van der Waals surface area contributed by atoms with Gasteiger partial charge in [-0.15, -0.1) is 0 Å². The lowest BCUT2D eigenvalue weighted by Gasteiger charge is -1.81. The minimum atomic E-state index is 0.333. The molecule has 3 heteroatoms. The number of hydrogen-bond acceptors (Lipinski definition) is 1. The lowest BCUT2D eigenvalue weighted by Crippen LogP contribution is -2.06. The zero-order chi connectivity index (χ0) is 5.58. The van der Waals surface area contributed by atoms with Crippen LogP contribution in [-0.2, 0) is 0 Å². The van der Waals surface area contributed by atoms with Crippen LogP contribution < -0.4 is 5.73 Å². The molecule has 33 valence electrons. The van der Waals surface area contributed by atoms with Gasteiger partial charge in [0.05, 0.1) is 0 Å². The van der Waals surface area contributed by atoms with Gasteiger partial charge in [0, 0.05) is 0 Å². The van der Waals surface area contributed by atoms with Crippen LogP contribution in [0.15, 0.2) is 0 Å². The zero-order valence-electron chi connectivity index (χ0n) is 4.24. The number of nitrogens with two attached hydrogens (primary N) is 1. The third-order valence-electron chi connectivity index (χ3n) is 0. The largest absolute Gasteiger partial charge is 1.59 e.